The highest BCUT2D eigenvalue weighted by atomic mass is 16.7. The fourth-order valence-electron chi connectivity index (χ4n) is 4.81. The van der Waals surface area contributed by atoms with Gasteiger partial charge in [0.15, 0.2) is 0 Å². The van der Waals surface area contributed by atoms with Crippen LogP contribution in [0.1, 0.15) is 55.0 Å². The molecule has 0 fully saturated rings. The molecule has 4 aromatic rings. The number of H-pyrrole nitrogens is 1. The maximum atomic E-state index is 6.47. The van der Waals surface area contributed by atoms with Crippen molar-refractivity contribution in [2.75, 3.05) is 6.61 Å². The van der Waals surface area contributed by atoms with Crippen molar-refractivity contribution in [1.82, 2.24) is 24.7 Å². The van der Waals surface area contributed by atoms with Crippen LogP contribution >= 0.6 is 0 Å². The molecule has 6 rings (SSSR count). The van der Waals surface area contributed by atoms with E-state index in [2.05, 4.69) is 67.4 Å². The molecule has 0 radical (unpaired) electrons. The van der Waals surface area contributed by atoms with E-state index in [9.17, 15) is 0 Å². The van der Waals surface area contributed by atoms with E-state index in [1.54, 1.807) is 0 Å². The highest BCUT2D eigenvalue weighted by molar-refractivity contribution is 5.91. The number of nitrogens with one attached hydrogen (secondary N) is 1. The topological polar surface area (TPSA) is 68.6 Å². The van der Waals surface area contributed by atoms with Crippen LogP contribution in [0.2, 0.25) is 0 Å². The molecular formula is C31H29N5O. The molecule has 0 aliphatic carbocycles. The molecule has 0 spiro atoms. The first-order valence-electron chi connectivity index (χ1n) is 12.9. The third-order valence-corrected chi connectivity index (χ3v) is 6.57. The zero-order valence-electron chi connectivity index (χ0n) is 21.1. The number of aromatic nitrogens is 5. The SMILES string of the molecule is CCCCOn1c2cc3nc(cc4ccc(cc5nc(cc1c(-c1ccccn1)c2CC)C=C5)[nH]4)C=C3. The van der Waals surface area contributed by atoms with E-state index in [1.165, 1.54) is 5.56 Å². The van der Waals surface area contributed by atoms with Crippen molar-refractivity contribution >= 4 is 46.4 Å². The molecule has 8 bridgehead atoms. The van der Waals surface area contributed by atoms with Crippen molar-refractivity contribution < 1.29 is 4.84 Å². The Morgan fingerprint density at radius 1 is 0.784 bits per heavy atom. The second-order valence-electron chi connectivity index (χ2n) is 9.21. The van der Waals surface area contributed by atoms with Crippen molar-refractivity contribution in [1.29, 1.82) is 0 Å². The lowest BCUT2D eigenvalue weighted by atomic mass is 10.0. The second kappa shape index (κ2) is 9.90. The number of hydrogen-bond donors (Lipinski definition) is 1. The van der Waals surface area contributed by atoms with E-state index < -0.39 is 0 Å². The molecule has 37 heavy (non-hydrogen) atoms. The number of rotatable bonds is 6. The quantitative estimate of drug-likeness (QED) is 0.257. The first kappa shape index (κ1) is 23.0. The number of aryl methyl sites for hydroxylation is 1. The Hall–Kier alpha value is -4.45. The predicted molar refractivity (Wildman–Crippen MR) is 151 cm³/mol. The predicted octanol–water partition coefficient (Wildman–Crippen LogP) is 6.98. The third-order valence-electron chi connectivity index (χ3n) is 6.57. The van der Waals surface area contributed by atoms with Crippen LogP contribution in [0.4, 0.5) is 0 Å². The van der Waals surface area contributed by atoms with Gasteiger partial charge in [-0.25, -0.2) is 9.97 Å². The number of pyridine rings is 1. The van der Waals surface area contributed by atoms with Crippen LogP contribution in [-0.2, 0) is 6.42 Å². The minimum absolute atomic E-state index is 0.618. The molecule has 6 heterocycles. The summed E-state index contributed by atoms with van der Waals surface area (Å²) >= 11 is 0. The fourth-order valence-corrected chi connectivity index (χ4v) is 4.81. The molecule has 0 atom stereocenters. The Bertz CT molecular complexity index is 1670. The van der Waals surface area contributed by atoms with Crippen molar-refractivity contribution in [2.24, 2.45) is 0 Å². The largest absolute Gasteiger partial charge is 0.413 e. The Balaban J connectivity index is 1.75. The molecule has 2 aliphatic rings. The number of fused-ring (bicyclic) bond motifs is 8. The highest BCUT2D eigenvalue weighted by Gasteiger charge is 2.20. The average Bonchev–Trinajstić information content (AvgIpc) is 3.70. The van der Waals surface area contributed by atoms with Gasteiger partial charge in [0, 0.05) is 22.8 Å². The van der Waals surface area contributed by atoms with Gasteiger partial charge in [-0.15, -0.1) is 0 Å². The summed E-state index contributed by atoms with van der Waals surface area (Å²) in [5, 5.41) is 0. The summed E-state index contributed by atoms with van der Waals surface area (Å²) in [7, 11) is 0. The summed E-state index contributed by atoms with van der Waals surface area (Å²) in [4.78, 5) is 24.4. The van der Waals surface area contributed by atoms with Gasteiger partial charge in [-0.1, -0.05) is 26.3 Å². The summed E-state index contributed by atoms with van der Waals surface area (Å²) in [6, 6.07) is 18.5. The Morgan fingerprint density at radius 2 is 1.43 bits per heavy atom. The summed E-state index contributed by atoms with van der Waals surface area (Å²) in [6.45, 7) is 4.97. The van der Waals surface area contributed by atoms with Gasteiger partial charge in [0.05, 0.1) is 39.5 Å². The lowest BCUT2D eigenvalue weighted by Gasteiger charge is -2.09. The van der Waals surface area contributed by atoms with Crippen LogP contribution in [0.25, 0.3) is 57.6 Å². The lowest BCUT2D eigenvalue weighted by molar-refractivity contribution is 0.126. The summed E-state index contributed by atoms with van der Waals surface area (Å²) in [6.07, 6.45) is 12.9. The normalized spacial score (nSPS) is 12.3. The lowest BCUT2D eigenvalue weighted by Crippen LogP contribution is -2.12. The van der Waals surface area contributed by atoms with Crippen LogP contribution in [0.3, 0.4) is 0 Å². The van der Waals surface area contributed by atoms with Crippen LogP contribution in [0.15, 0.2) is 60.8 Å². The highest BCUT2D eigenvalue weighted by Crippen LogP contribution is 2.34. The minimum Gasteiger partial charge on any atom is -0.413 e. The summed E-state index contributed by atoms with van der Waals surface area (Å²) < 4.78 is 1.97. The van der Waals surface area contributed by atoms with Gasteiger partial charge in [0.2, 0.25) is 0 Å². The molecule has 0 unspecified atom stereocenters. The van der Waals surface area contributed by atoms with Gasteiger partial charge < -0.3 is 9.82 Å². The molecule has 0 aromatic carbocycles. The van der Waals surface area contributed by atoms with Crippen molar-refractivity contribution in [3.05, 3.63) is 89.1 Å². The number of nitrogens with zero attached hydrogens (tertiary/aromatic N) is 4. The molecule has 2 aliphatic heterocycles. The van der Waals surface area contributed by atoms with Gasteiger partial charge in [-0.3, -0.25) is 4.98 Å². The second-order valence-corrected chi connectivity index (χ2v) is 9.21. The van der Waals surface area contributed by atoms with E-state index in [4.69, 9.17) is 19.8 Å². The number of hydrogen-bond acceptors (Lipinski definition) is 4. The van der Waals surface area contributed by atoms with Crippen LogP contribution in [-0.4, -0.2) is 31.3 Å². The zero-order valence-corrected chi connectivity index (χ0v) is 21.1. The first-order chi connectivity index (χ1) is 18.2. The van der Waals surface area contributed by atoms with Crippen molar-refractivity contribution in [2.45, 2.75) is 33.1 Å². The van der Waals surface area contributed by atoms with Crippen LogP contribution < -0.4 is 4.84 Å². The fraction of sp³-hybridized carbons (Fsp3) is 0.194. The van der Waals surface area contributed by atoms with E-state index in [1.807, 2.05) is 41.3 Å². The molecule has 184 valence electrons. The number of unbranched alkanes of at least 4 members (excludes halogenated alkanes) is 1. The molecule has 6 nitrogen and oxygen atoms in total. The van der Waals surface area contributed by atoms with Gasteiger partial charge in [-0.2, -0.15) is 4.73 Å². The molecular weight excluding hydrogens is 458 g/mol. The van der Waals surface area contributed by atoms with Gasteiger partial charge in [-0.05, 0) is 91.2 Å². The van der Waals surface area contributed by atoms with Crippen LogP contribution in [0.5, 0.6) is 0 Å². The molecule has 1 N–H and O–H groups in total. The average molecular weight is 488 g/mol. The third kappa shape index (κ3) is 4.58. The molecule has 0 amide bonds. The van der Waals surface area contributed by atoms with Crippen molar-refractivity contribution in [3.8, 4) is 11.3 Å². The minimum atomic E-state index is 0.618. The summed E-state index contributed by atoms with van der Waals surface area (Å²) in [5.74, 6) is 0. The van der Waals surface area contributed by atoms with Gasteiger partial charge in [0.25, 0.3) is 0 Å². The molecule has 0 saturated carbocycles. The maximum absolute atomic E-state index is 6.47. The monoisotopic (exact) mass is 487 g/mol. The molecule has 0 saturated heterocycles. The summed E-state index contributed by atoms with van der Waals surface area (Å²) in [5.41, 5.74) is 10.6. The van der Waals surface area contributed by atoms with E-state index in [-0.39, 0.29) is 0 Å². The Morgan fingerprint density at radius 3 is 2.03 bits per heavy atom. The van der Waals surface area contributed by atoms with E-state index in [0.29, 0.717) is 6.61 Å². The number of aromatic amines is 1. The first-order valence-corrected chi connectivity index (χ1v) is 12.9. The Kier molecular flexibility index (Phi) is 6.15. The van der Waals surface area contributed by atoms with E-state index in [0.717, 1.165) is 75.4 Å². The van der Waals surface area contributed by atoms with Crippen molar-refractivity contribution in [3.63, 3.8) is 0 Å². The van der Waals surface area contributed by atoms with Gasteiger partial charge >= 0.3 is 0 Å². The van der Waals surface area contributed by atoms with Crippen LogP contribution in [0, 0.1) is 0 Å². The molecule has 4 aromatic heterocycles. The molecule has 6 heteroatoms. The van der Waals surface area contributed by atoms with Gasteiger partial charge in [0.1, 0.15) is 6.61 Å². The zero-order chi connectivity index (χ0) is 25.2. The smallest absolute Gasteiger partial charge is 0.115 e. The maximum Gasteiger partial charge on any atom is 0.115 e. The Labute approximate surface area is 216 Å². The standard InChI is InChI=1S/C31H29N5O/c1-3-5-16-37-36-29-19-25-13-11-23(34-25)17-21-9-10-22(33-21)18-24-12-14-26(35-24)20-30(36)31(27(29)4-2)28-8-6-7-15-32-28/h6-15,17-20,33H,3-5,16H2,1-2H3. The van der Waals surface area contributed by atoms with E-state index >= 15 is 0 Å².